The Bertz CT molecular complexity index is 602. The molecule has 1 aliphatic heterocycles. The minimum absolute atomic E-state index is 0.0656. The zero-order valence-corrected chi connectivity index (χ0v) is 11.6. The Morgan fingerprint density at radius 3 is 2.76 bits per heavy atom. The second-order valence-electron chi connectivity index (χ2n) is 4.90. The summed E-state index contributed by atoms with van der Waals surface area (Å²) < 4.78 is 0. The predicted molar refractivity (Wildman–Crippen MR) is 75.7 cm³/mol. The predicted octanol–water partition coefficient (Wildman–Crippen LogP) is 0.481. The van der Waals surface area contributed by atoms with E-state index in [1.54, 1.807) is 11.9 Å². The van der Waals surface area contributed by atoms with Crippen molar-refractivity contribution in [2.24, 2.45) is 0 Å². The molecule has 0 spiro atoms. The van der Waals surface area contributed by atoms with Crippen molar-refractivity contribution >= 4 is 23.2 Å². The standard InChI is InChI=1S/C13H16N4O4/c1-15-6-3-7-16(8-11(15)18)13(19)9-4-2-5-10(14)12(9)17(20)21/h2,4-5H,3,6-8,14H2,1H3. The van der Waals surface area contributed by atoms with Gasteiger partial charge in [0.2, 0.25) is 5.91 Å². The van der Waals surface area contributed by atoms with E-state index in [-0.39, 0.29) is 23.7 Å². The number of hydrogen-bond acceptors (Lipinski definition) is 5. The first-order valence-corrected chi connectivity index (χ1v) is 6.48. The number of hydrogen-bond donors (Lipinski definition) is 1. The van der Waals surface area contributed by atoms with E-state index in [0.717, 1.165) is 0 Å². The quantitative estimate of drug-likeness (QED) is 0.484. The van der Waals surface area contributed by atoms with Crippen molar-refractivity contribution in [3.05, 3.63) is 33.9 Å². The zero-order chi connectivity index (χ0) is 15.6. The Balaban J connectivity index is 2.34. The van der Waals surface area contributed by atoms with Crippen molar-refractivity contribution in [1.82, 2.24) is 9.80 Å². The fraction of sp³-hybridized carbons (Fsp3) is 0.385. The molecule has 0 aliphatic carbocycles. The van der Waals surface area contributed by atoms with E-state index in [4.69, 9.17) is 5.73 Å². The number of carbonyl (C=O) groups excluding carboxylic acids is 2. The van der Waals surface area contributed by atoms with E-state index >= 15 is 0 Å². The zero-order valence-electron chi connectivity index (χ0n) is 11.6. The number of nitro benzene ring substituents is 1. The van der Waals surface area contributed by atoms with Crippen molar-refractivity contribution < 1.29 is 14.5 Å². The van der Waals surface area contributed by atoms with Crippen LogP contribution in [0.5, 0.6) is 0 Å². The van der Waals surface area contributed by atoms with Crippen LogP contribution < -0.4 is 5.73 Å². The normalized spacial score (nSPS) is 15.8. The molecule has 0 bridgehead atoms. The summed E-state index contributed by atoms with van der Waals surface area (Å²) in [7, 11) is 1.67. The van der Waals surface area contributed by atoms with Gasteiger partial charge in [0.25, 0.3) is 5.91 Å². The van der Waals surface area contributed by atoms with Gasteiger partial charge in [-0.15, -0.1) is 0 Å². The van der Waals surface area contributed by atoms with Gasteiger partial charge in [0.1, 0.15) is 17.8 Å². The number of rotatable bonds is 2. The minimum atomic E-state index is -0.672. The van der Waals surface area contributed by atoms with Crippen LogP contribution in [-0.2, 0) is 4.79 Å². The van der Waals surface area contributed by atoms with E-state index in [1.165, 1.54) is 23.1 Å². The molecule has 0 atom stereocenters. The molecule has 2 rings (SSSR count). The second kappa shape index (κ2) is 5.78. The van der Waals surface area contributed by atoms with E-state index in [2.05, 4.69) is 0 Å². The molecule has 8 heteroatoms. The highest BCUT2D eigenvalue weighted by Gasteiger charge is 2.29. The first-order valence-electron chi connectivity index (χ1n) is 6.48. The number of amides is 2. The maximum absolute atomic E-state index is 12.5. The molecule has 1 heterocycles. The van der Waals surface area contributed by atoms with Gasteiger partial charge >= 0.3 is 5.69 Å². The molecular weight excluding hydrogens is 276 g/mol. The summed E-state index contributed by atoms with van der Waals surface area (Å²) in [5.74, 6) is -0.731. The minimum Gasteiger partial charge on any atom is -0.393 e. The highest BCUT2D eigenvalue weighted by molar-refractivity contribution is 6.01. The average molecular weight is 292 g/mol. The fourth-order valence-corrected chi connectivity index (χ4v) is 2.27. The number of benzene rings is 1. The van der Waals surface area contributed by atoms with E-state index < -0.39 is 16.5 Å². The Morgan fingerprint density at radius 2 is 2.10 bits per heavy atom. The molecule has 0 radical (unpaired) electrons. The Kier molecular flexibility index (Phi) is 4.06. The number of anilines is 1. The third-order valence-electron chi connectivity index (χ3n) is 3.44. The monoisotopic (exact) mass is 292 g/mol. The molecule has 2 N–H and O–H groups in total. The molecule has 0 unspecified atom stereocenters. The third kappa shape index (κ3) is 2.93. The highest BCUT2D eigenvalue weighted by Crippen LogP contribution is 2.27. The van der Waals surface area contributed by atoms with Crippen LogP contribution in [0.25, 0.3) is 0 Å². The largest absolute Gasteiger partial charge is 0.393 e. The van der Waals surface area contributed by atoms with Gasteiger partial charge in [0.05, 0.1) is 4.92 Å². The SMILES string of the molecule is CN1CCCN(C(=O)c2cccc(N)c2[N+](=O)[O-])CC1=O. The second-order valence-corrected chi connectivity index (χ2v) is 4.90. The summed E-state index contributed by atoms with van der Waals surface area (Å²) >= 11 is 0. The van der Waals surface area contributed by atoms with Crippen LogP contribution in [0.1, 0.15) is 16.8 Å². The number of carbonyl (C=O) groups is 2. The van der Waals surface area contributed by atoms with Crippen molar-refractivity contribution in [1.29, 1.82) is 0 Å². The summed E-state index contributed by atoms with van der Waals surface area (Å²) in [6, 6.07) is 4.22. The molecule has 0 aromatic heterocycles. The molecule has 1 aromatic carbocycles. The highest BCUT2D eigenvalue weighted by atomic mass is 16.6. The smallest absolute Gasteiger partial charge is 0.304 e. The maximum Gasteiger partial charge on any atom is 0.304 e. The van der Waals surface area contributed by atoms with Gasteiger partial charge in [0, 0.05) is 20.1 Å². The Labute approximate surface area is 121 Å². The summed E-state index contributed by atoms with van der Waals surface area (Å²) in [6.45, 7) is 0.851. The summed E-state index contributed by atoms with van der Waals surface area (Å²) in [5, 5.41) is 11.1. The number of likely N-dealkylation sites (N-methyl/N-ethyl adjacent to an activating group) is 1. The van der Waals surface area contributed by atoms with Crippen LogP contribution in [0.4, 0.5) is 11.4 Å². The van der Waals surface area contributed by atoms with E-state index in [1.807, 2.05) is 0 Å². The summed E-state index contributed by atoms with van der Waals surface area (Å²) in [5.41, 5.74) is 5.02. The van der Waals surface area contributed by atoms with Gasteiger partial charge in [-0.25, -0.2) is 0 Å². The molecule has 8 nitrogen and oxygen atoms in total. The van der Waals surface area contributed by atoms with Gasteiger partial charge < -0.3 is 15.5 Å². The molecule has 1 aromatic rings. The molecule has 1 fully saturated rings. The first kappa shape index (κ1) is 14.8. The van der Waals surface area contributed by atoms with Gasteiger partial charge in [-0.1, -0.05) is 6.07 Å². The molecule has 0 saturated carbocycles. The van der Waals surface area contributed by atoms with Crippen molar-refractivity contribution in [2.45, 2.75) is 6.42 Å². The molecule has 21 heavy (non-hydrogen) atoms. The number of nitrogens with zero attached hydrogens (tertiary/aromatic N) is 3. The van der Waals surface area contributed by atoms with Crippen molar-refractivity contribution in [3.63, 3.8) is 0 Å². The Morgan fingerprint density at radius 1 is 1.38 bits per heavy atom. The summed E-state index contributed by atoms with van der Waals surface area (Å²) in [6.07, 6.45) is 0.629. The van der Waals surface area contributed by atoms with Crippen LogP contribution in [0.2, 0.25) is 0 Å². The van der Waals surface area contributed by atoms with Gasteiger partial charge in [-0.2, -0.15) is 0 Å². The molecular formula is C13H16N4O4. The number of nitrogen functional groups attached to an aromatic ring is 1. The third-order valence-corrected chi connectivity index (χ3v) is 3.44. The topological polar surface area (TPSA) is 110 Å². The van der Waals surface area contributed by atoms with E-state index in [0.29, 0.717) is 19.5 Å². The molecule has 112 valence electrons. The molecule has 1 saturated heterocycles. The average Bonchev–Trinajstić information content (AvgIpc) is 2.59. The van der Waals surface area contributed by atoms with Crippen molar-refractivity contribution in [2.75, 3.05) is 32.4 Å². The van der Waals surface area contributed by atoms with Gasteiger partial charge in [-0.05, 0) is 18.6 Å². The van der Waals surface area contributed by atoms with E-state index in [9.17, 15) is 19.7 Å². The number of nitrogens with two attached hydrogens (primary N) is 1. The fourth-order valence-electron chi connectivity index (χ4n) is 2.27. The lowest BCUT2D eigenvalue weighted by atomic mass is 10.1. The van der Waals surface area contributed by atoms with Crippen LogP contribution in [0.15, 0.2) is 18.2 Å². The number of nitro groups is 1. The number of para-hydroxylation sites is 1. The van der Waals surface area contributed by atoms with Crippen LogP contribution >= 0.6 is 0 Å². The molecule has 1 aliphatic rings. The van der Waals surface area contributed by atoms with Crippen LogP contribution in [0.3, 0.4) is 0 Å². The lowest BCUT2D eigenvalue weighted by Crippen LogP contribution is -2.38. The maximum atomic E-state index is 12.5. The van der Waals surface area contributed by atoms with Crippen LogP contribution in [-0.4, -0.2) is 53.2 Å². The van der Waals surface area contributed by atoms with Crippen molar-refractivity contribution in [3.8, 4) is 0 Å². The Hall–Kier alpha value is -2.64. The lowest BCUT2D eigenvalue weighted by molar-refractivity contribution is -0.384. The summed E-state index contributed by atoms with van der Waals surface area (Å²) in [4.78, 5) is 37.6. The van der Waals surface area contributed by atoms with Crippen LogP contribution in [0, 0.1) is 10.1 Å². The molecule has 2 amide bonds. The van der Waals surface area contributed by atoms with Gasteiger partial charge in [0.15, 0.2) is 0 Å². The van der Waals surface area contributed by atoms with Gasteiger partial charge in [-0.3, -0.25) is 19.7 Å². The first-order chi connectivity index (χ1) is 9.91. The lowest BCUT2D eigenvalue weighted by Gasteiger charge is -2.19.